The highest BCUT2D eigenvalue weighted by Gasteiger charge is 2.28. The number of hydrogen-bond donors (Lipinski definition) is 1. The third kappa shape index (κ3) is 4.06. The molecule has 6 heteroatoms. The van der Waals surface area contributed by atoms with E-state index in [1.54, 1.807) is 7.05 Å². The predicted octanol–water partition coefficient (Wildman–Crippen LogP) is 3.12. The molecule has 1 aliphatic rings. The number of rotatable bonds is 8. The van der Waals surface area contributed by atoms with E-state index in [0.29, 0.717) is 10.3 Å². The van der Waals surface area contributed by atoms with E-state index in [1.165, 1.54) is 28.5 Å². The molecule has 1 saturated carbocycles. The van der Waals surface area contributed by atoms with Gasteiger partial charge in [-0.1, -0.05) is 13.3 Å². The molecule has 4 nitrogen and oxygen atoms in total. The zero-order valence-corrected chi connectivity index (χ0v) is 15.0. The quantitative estimate of drug-likeness (QED) is 0.797. The lowest BCUT2D eigenvalue weighted by Crippen LogP contribution is -2.34. The number of sulfonamides is 1. The summed E-state index contributed by atoms with van der Waals surface area (Å²) >= 11 is 1.41. The molecule has 1 N–H and O–H groups in total. The zero-order chi connectivity index (χ0) is 15.6. The van der Waals surface area contributed by atoms with E-state index in [1.807, 2.05) is 19.9 Å². The Kier molecular flexibility index (Phi) is 5.46. The molecule has 1 aromatic heterocycles. The normalized spacial score (nSPS) is 17.4. The van der Waals surface area contributed by atoms with Crippen LogP contribution in [0.3, 0.4) is 0 Å². The molecule has 0 bridgehead atoms. The predicted molar refractivity (Wildman–Crippen MR) is 88.2 cm³/mol. The minimum atomic E-state index is -3.36. The number of aryl methyl sites for hydroxylation is 1. The van der Waals surface area contributed by atoms with Crippen molar-refractivity contribution in [1.29, 1.82) is 0 Å². The van der Waals surface area contributed by atoms with E-state index >= 15 is 0 Å². The van der Waals surface area contributed by atoms with E-state index in [4.69, 9.17) is 0 Å². The lowest BCUT2D eigenvalue weighted by Gasteiger charge is -2.23. The van der Waals surface area contributed by atoms with Crippen molar-refractivity contribution in [1.82, 2.24) is 9.62 Å². The van der Waals surface area contributed by atoms with Crippen molar-refractivity contribution in [3.8, 4) is 0 Å². The van der Waals surface area contributed by atoms with Gasteiger partial charge in [0.15, 0.2) is 0 Å². The topological polar surface area (TPSA) is 49.4 Å². The van der Waals surface area contributed by atoms with Gasteiger partial charge >= 0.3 is 0 Å². The van der Waals surface area contributed by atoms with Gasteiger partial charge in [0.1, 0.15) is 4.21 Å². The van der Waals surface area contributed by atoms with E-state index < -0.39 is 10.0 Å². The highest BCUT2D eigenvalue weighted by atomic mass is 32.2. The van der Waals surface area contributed by atoms with Crippen molar-refractivity contribution in [2.24, 2.45) is 0 Å². The average molecular weight is 331 g/mol. The summed E-state index contributed by atoms with van der Waals surface area (Å²) in [6.07, 6.45) is 4.36. The molecule has 120 valence electrons. The van der Waals surface area contributed by atoms with Gasteiger partial charge in [-0.05, 0) is 44.7 Å². The van der Waals surface area contributed by atoms with E-state index in [0.717, 1.165) is 29.8 Å². The van der Waals surface area contributed by atoms with E-state index in [-0.39, 0.29) is 6.04 Å². The fourth-order valence-corrected chi connectivity index (χ4v) is 5.41. The second kappa shape index (κ2) is 6.77. The van der Waals surface area contributed by atoms with Gasteiger partial charge in [-0.15, -0.1) is 11.3 Å². The number of thiophene rings is 1. The minimum absolute atomic E-state index is 0.0374. The minimum Gasteiger partial charge on any atom is -0.309 e. The first-order valence-electron chi connectivity index (χ1n) is 7.67. The highest BCUT2D eigenvalue weighted by Crippen LogP contribution is 2.30. The van der Waals surface area contributed by atoms with Crippen LogP contribution >= 0.6 is 11.3 Å². The van der Waals surface area contributed by atoms with Crippen LogP contribution in [0.15, 0.2) is 10.3 Å². The molecule has 1 aromatic rings. The van der Waals surface area contributed by atoms with E-state index in [2.05, 4.69) is 12.2 Å². The second-order valence-corrected chi connectivity index (χ2v) is 9.35. The third-order valence-electron chi connectivity index (χ3n) is 4.09. The maximum Gasteiger partial charge on any atom is 0.252 e. The molecular formula is C15H26N2O2S2. The summed E-state index contributed by atoms with van der Waals surface area (Å²) in [6, 6.07) is 2.49. The first-order valence-corrected chi connectivity index (χ1v) is 9.92. The Balaban J connectivity index is 2.13. The smallest absolute Gasteiger partial charge is 0.252 e. The zero-order valence-electron chi connectivity index (χ0n) is 13.3. The van der Waals surface area contributed by atoms with Gasteiger partial charge in [-0.25, -0.2) is 8.42 Å². The Hall–Kier alpha value is -0.430. The third-order valence-corrected chi connectivity index (χ3v) is 7.75. The maximum absolute atomic E-state index is 12.7. The first kappa shape index (κ1) is 16.9. The summed E-state index contributed by atoms with van der Waals surface area (Å²) in [4.78, 5) is 1.14. The molecule has 1 unspecified atom stereocenters. The van der Waals surface area contributed by atoms with Gasteiger partial charge in [-0.2, -0.15) is 4.31 Å². The Morgan fingerprint density at radius 3 is 2.71 bits per heavy atom. The molecule has 2 rings (SSSR count). The molecule has 1 fully saturated rings. The molecule has 1 heterocycles. The summed E-state index contributed by atoms with van der Waals surface area (Å²) < 4.78 is 27.3. The Labute approximate surface area is 132 Å². The number of hydrogen-bond acceptors (Lipinski definition) is 4. The largest absolute Gasteiger partial charge is 0.309 e. The summed E-state index contributed by atoms with van der Waals surface area (Å²) in [5, 5.41) is 3.45. The Bertz CT molecular complexity index is 576. The van der Waals surface area contributed by atoms with Crippen molar-refractivity contribution < 1.29 is 8.42 Å². The maximum atomic E-state index is 12.7. The second-order valence-electron chi connectivity index (χ2n) is 5.99. The molecular weight excluding hydrogens is 304 g/mol. The van der Waals surface area contributed by atoms with Gasteiger partial charge in [0.25, 0.3) is 10.0 Å². The Morgan fingerprint density at radius 1 is 1.48 bits per heavy atom. The van der Waals surface area contributed by atoms with Crippen molar-refractivity contribution in [2.75, 3.05) is 7.05 Å². The highest BCUT2D eigenvalue weighted by molar-refractivity contribution is 7.91. The van der Waals surface area contributed by atoms with E-state index in [9.17, 15) is 8.42 Å². The fourth-order valence-electron chi connectivity index (χ4n) is 2.29. The van der Waals surface area contributed by atoms with Crippen LogP contribution in [-0.2, 0) is 16.6 Å². The molecule has 21 heavy (non-hydrogen) atoms. The number of nitrogens with one attached hydrogen (secondary N) is 1. The summed E-state index contributed by atoms with van der Waals surface area (Å²) in [6.45, 7) is 6.82. The molecule has 1 aliphatic carbocycles. The molecule has 0 saturated heterocycles. The van der Waals surface area contributed by atoms with Crippen LogP contribution in [0.4, 0.5) is 0 Å². The molecule has 0 aromatic carbocycles. The standard InChI is InChI=1S/C15H26N2O2S2/c1-5-6-12(3)17(4)21(18,19)15-9-11(2)14(20-15)10-16-13-7-8-13/h9,12-13,16H,5-8,10H2,1-4H3. The number of nitrogens with zero attached hydrogens (tertiary/aromatic N) is 1. The molecule has 0 radical (unpaired) electrons. The summed E-state index contributed by atoms with van der Waals surface area (Å²) in [5.41, 5.74) is 1.07. The molecule has 0 spiro atoms. The van der Waals surface area contributed by atoms with Crippen LogP contribution in [0.5, 0.6) is 0 Å². The lowest BCUT2D eigenvalue weighted by atomic mass is 10.2. The first-order chi connectivity index (χ1) is 9.86. The van der Waals surface area contributed by atoms with Gasteiger partial charge < -0.3 is 5.32 Å². The van der Waals surface area contributed by atoms with Crippen molar-refractivity contribution in [3.63, 3.8) is 0 Å². The lowest BCUT2D eigenvalue weighted by molar-refractivity contribution is 0.369. The van der Waals surface area contributed by atoms with Crippen LogP contribution in [0, 0.1) is 6.92 Å². The van der Waals surface area contributed by atoms with Gasteiger partial charge in [0, 0.05) is 30.6 Å². The molecule has 0 amide bonds. The van der Waals surface area contributed by atoms with Gasteiger partial charge in [-0.3, -0.25) is 0 Å². The average Bonchev–Trinajstić information content (AvgIpc) is 3.18. The van der Waals surface area contributed by atoms with Crippen LogP contribution in [0.25, 0.3) is 0 Å². The monoisotopic (exact) mass is 330 g/mol. The Morgan fingerprint density at radius 2 is 2.14 bits per heavy atom. The van der Waals surface area contributed by atoms with Crippen LogP contribution in [0.1, 0.15) is 50.0 Å². The van der Waals surface area contributed by atoms with Crippen LogP contribution in [-0.4, -0.2) is 31.9 Å². The molecule has 0 aliphatic heterocycles. The van der Waals surface area contributed by atoms with Gasteiger partial charge in [0.2, 0.25) is 0 Å². The van der Waals surface area contributed by atoms with Crippen LogP contribution in [0.2, 0.25) is 0 Å². The fraction of sp³-hybridized carbons (Fsp3) is 0.733. The van der Waals surface area contributed by atoms with Gasteiger partial charge in [0.05, 0.1) is 0 Å². The summed E-state index contributed by atoms with van der Waals surface area (Å²) in [7, 11) is -1.67. The molecule has 1 atom stereocenters. The summed E-state index contributed by atoms with van der Waals surface area (Å²) in [5.74, 6) is 0. The van der Waals surface area contributed by atoms with Crippen LogP contribution < -0.4 is 5.32 Å². The SMILES string of the molecule is CCCC(C)N(C)S(=O)(=O)c1cc(C)c(CNC2CC2)s1. The van der Waals surface area contributed by atoms with Crippen molar-refractivity contribution >= 4 is 21.4 Å². The van der Waals surface area contributed by atoms with Crippen molar-refractivity contribution in [3.05, 3.63) is 16.5 Å². The van der Waals surface area contributed by atoms with Crippen molar-refractivity contribution in [2.45, 2.75) is 69.3 Å².